The summed E-state index contributed by atoms with van der Waals surface area (Å²) in [7, 11) is 0. The van der Waals surface area contributed by atoms with Gasteiger partial charge >= 0.3 is 5.97 Å². The summed E-state index contributed by atoms with van der Waals surface area (Å²) in [5.41, 5.74) is 2.26. The SMILES string of the molecule is Cc1cccc2nc(COC(=O)CNC(=O)Cc3cccc4ccccc34)cc(=O)n12. The average Bonchev–Trinajstić information content (AvgIpc) is 2.76. The summed E-state index contributed by atoms with van der Waals surface area (Å²) in [6.45, 7) is 1.42. The molecule has 0 bridgehead atoms. The smallest absolute Gasteiger partial charge is 0.325 e. The number of ether oxygens (including phenoxy) is 1. The van der Waals surface area contributed by atoms with Gasteiger partial charge in [0.15, 0.2) is 0 Å². The molecule has 0 saturated heterocycles. The van der Waals surface area contributed by atoms with E-state index in [0.717, 1.165) is 22.0 Å². The van der Waals surface area contributed by atoms with Crippen molar-refractivity contribution in [3.8, 4) is 0 Å². The molecule has 7 nitrogen and oxygen atoms in total. The summed E-state index contributed by atoms with van der Waals surface area (Å²) >= 11 is 0. The summed E-state index contributed by atoms with van der Waals surface area (Å²) in [6, 6.07) is 20.3. The minimum absolute atomic E-state index is 0.141. The summed E-state index contributed by atoms with van der Waals surface area (Å²) in [6.07, 6.45) is 0.164. The van der Waals surface area contributed by atoms with Crippen LogP contribution in [0.4, 0.5) is 0 Å². The first-order valence-corrected chi connectivity index (χ1v) is 9.88. The maximum Gasteiger partial charge on any atom is 0.325 e. The number of nitrogens with one attached hydrogen (secondary N) is 1. The zero-order chi connectivity index (χ0) is 21.8. The molecule has 7 heteroatoms. The van der Waals surface area contributed by atoms with Gasteiger partial charge in [-0.2, -0.15) is 0 Å². The summed E-state index contributed by atoms with van der Waals surface area (Å²) in [4.78, 5) is 40.9. The van der Waals surface area contributed by atoms with E-state index in [9.17, 15) is 14.4 Å². The van der Waals surface area contributed by atoms with Gasteiger partial charge in [0, 0.05) is 11.8 Å². The first kappa shape index (κ1) is 20.3. The Hall–Kier alpha value is -4.00. The maximum absolute atomic E-state index is 12.3. The molecule has 156 valence electrons. The van der Waals surface area contributed by atoms with Crippen molar-refractivity contribution in [2.24, 2.45) is 0 Å². The highest BCUT2D eigenvalue weighted by Gasteiger charge is 2.11. The largest absolute Gasteiger partial charge is 0.458 e. The lowest BCUT2D eigenvalue weighted by molar-refractivity contribution is -0.145. The van der Waals surface area contributed by atoms with Crippen molar-refractivity contribution >= 4 is 28.3 Å². The molecule has 0 aliphatic heterocycles. The predicted molar refractivity (Wildman–Crippen MR) is 117 cm³/mol. The van der Waals surface area contributed by atoms with E-state index in [0.29, 0.717) is 11.3 Å². The number of carbonyl (C=O) groups excluding carboxylic acids is 2. The van der Waals surface area contributed by atoms with Crippen molar-refractivity contribution in [2.75, 3.05) is 6.54 Å². The Morgan fingerprint density at radius 2 is 1.81 bits per heavy atom. The van der Waals surface area contributed by atoms with Gasteiger partial charge in [-0.05, 0) is 35.4 Å². The molecule has 2 aromatic heterocycles. The Morgan fingerprint density at radius 3 is 2.68 bits per heavy atom. The number of amides is 1. The molecule has 0 aliphatic carbocycles. The number of nitrogens with zero attached hydrogens (tertiary/aromatic N) is 2. The van der Waals surface area contributed by atoms with Gasteiger partial charge in [0.2, 0.25) is 5.91 Å². The monoisotopic (exact) mass is 415 g/mol. The van der Waals surface area contributed by atoms with E-state index in [1.807, 2.05) is 55.5 Å². The van der Waals surface area contributed by atoms with E-state index in [1.54, 1.807) is 12.1 Å². The van der Waals surface area contributed by atoms with Crippen LogP contribution in [0.2, 0.25) is 0 Å². The van der Waals surface area contributed by atoms with Crippen LogP contribution in [0.15, 0.2) is 71.5 Å². The number of benzene rings is 2. The molecule has 31 heavy (non-hydrogen) atoms. The topological polar surface area (TPSA) is 89.8 Å². The molecular weight excluding hydrogens is 394 g/mol. The molecule has 0 saturated carbocycles. The summed E-state index contributed by atoms with van der Waals surface area (Å²) in [5, 5.41) is 4.64. The minimum Gasteiger partial charge on any atom is -0.458 e. The number of pyridine rings is 1. The number of rotatable bonds is 6. The number of hydrogen-bond donors (Lipinski definition) is 1. The molecular formula is C24H21N3O4. The van der Waals surface area contributed by atoms with E-state index >= 15 is 0 Å². The molecule has 0 atom stereocenters. The van der Waals surface area contributed by atoms with E-state index < -0.39 is 5.97 Å². The molecule has 1 amide bonds. The van der Waals surface area contributed by atoms with Crippen LogP contribution in [0.3, 0.4) is 0 Å². The number of esters is 1. The first-order chi connectivity index (χ1) is 15.0. The fraction of sp³-hybridized carbons (Fsp3) is 0.167. The molecule has 4 rings (SSSR count). The third-order valence-corrected chi connectivity index (χ3v) is 4.98. The van der Waals surface area contributed by atoms with Gasteiger partial charge in [0.25, 0.3) is 5.56 Å². The average molecular weight is 415 g/mol. The van der Waals surface area contributed by atoms with Gasteiger partial charge < -0.3 is 10.1 Å². The third kappa shape index (κ3) is 4.61. The van der Waals surface area contributed by atoms with Crippen molar-refractivity contribution in [3.63, 3.8) is 0 Å². The summed E-state index contributed by atoms with van der Waals surface area (Å²) in [5.74, 6) is -0.872. The van der Waals surface area contributed by atoms with Gasteiger partial charge in [-0.15, -0.1) is 0 Å². The van der Waals surface area contributed by atoms with Gasteiger partial charge in [0.1, 0.15) is 18.8 Å². The fourth-order valence-corrected chi connectivity index (χ4v) is 3.50. The lowest BCUT2D eigenvalue weighted by atomic mass is 10.0. The maximum atomic E-state index is 12.3. The Bertz CT molecular complexity index is 1340. The third-order valence-electron chi connectivity index (χ3n) is 4.98. The van der Waals surface area contributed by atoms with Gasteiger partial charge in [-0.1, -0.05) is 48.5 Å². The van der Waals surface area contributed by atoms with E-state index in [1.165, 1.54) is 10.5 Å². The molecule has 1 N–H and O–H groups in total. The van der Waals surface area contributed by atoms with Gasteiger partial charge in [-0.3, -0.25) is 18.8 Å². The van der Waals surface area contributed by atoms with Crippen LogP contribution in [0.25, 0.3) is 16.4 Å². The Morgan fingerprint density at radius 1 is 1.03 bits per heavy atom. The van der Waals surface area contributed by atoms with E-state index in [-0.39, 0.29) is 31.0 Å². The first-order valence-electron chi connectivity index (χ1n) is 9.88. The van der Waals surface area contributed by atoms with Crippen molar-refractivity contribution < 1.29 is 14.3 Å². The van der Waals surface area contributed by atoms with Crippen molar-refractivity contribution in [3.05, 3.63) is 94.0 Å². The zero-order valence-electron chi connectivity index (χ0n) is 17.0. The molecule has 0 unspecified atom stereocenters. The molecule has 0 aliphatic rings. The van der Waals surface area contributed by atoms with Gasteiger partial charge in [-0.25, -0.2) is 4.98 Å². The Balaban J connectivity index is 1.33. The van der Waals surface area contributed by atoms with Crippen LogP contribution < -0.4 is 10.9 Å². The molecule has 0 fully saturated rings. The molecule has 4 aromatic rings. The minimum atomic E-state index is -0.600. The molecule has 0 radical (unpaired) electrons. The number of fused-ring (bicyclic) bond motifs is 2. The second-order valence-corrected chi connectivity index (χ2v) is 7.20. The summed E-state index contributed by atoms with van der Waals surface area (Å²) < 4.78 is 6.65. The highest BCUT2D eigenvalue weighted by Crippen LogP contribution is 2.18. The second kappa shape index (κ2) is 8.79. The van der Waals surface area contributed by atoms with Crippen molar-refractivity contribution in [2.45, 2.75) is 20.0 Å². The molecule has 0 spiro atoms. The second-order valence-electron chi connectivity index (χ2n) is 7.20. The highest BCUT2D eigenvalue weighted by atomic mass is 16.5. The Labute approximate surface area is 178 Å². The van der Waals surface area contributed by atoms with Crippen LogP contribution in [-0.2, 0) is 27.4 Å². The van der Waals surface area contributed by atoms with E-state index in [2.05, 4.69) is 10.3 Å². The normalized spacial score (nSPS) is 10.9. The van der Waals surface area contributed by atoms with E-state index in [4.69, 9.17) is 4.74 Å². The molecule has 2 aromatic carbocycles. The number of aromatic nitrogens is 2. The van der Waals surface area contributed by atoms with Crippen molar-refractivity contribution in [1.29, 1.82) is 0 Å². The standard InChI is InChI=1S/C24H21N3O4/c1-16-6-4-11-21-26-19(13-23(29)27(16)21)15-31-24(30)14-25-22(28)12-18-9-5-8-17-7-2-3-10-20(17)18/h2-11,13H,12,14-15H2,1H3,(H,25,28). The van der Waals surface area contributed by atoms with Crippen LogP contribution in [0, 0.1) is 6.92 Å². The van der Waals surface area contributed by atoms with Crippen LogP contribution >= 0.6 is 0 Å². The van der Waals surface area contributed by atoms with Gasteiger partial charge in [0.05, 0.1) is 12.1 Å². The predicted octanol–water partition coefficient (Wildman–Crippen LogP) is 2.56. The van der Waals surface area contributed by atoms with Crippen LogP contribution in [0.1, 0.15) is 17.0 Å². The fourth-order valence-electron chi connectivity index (χ4n) is 3.50. The van der Waals surface area contributed by atoms with Crippen LogP contribution in [-0.4, -0.2) is 27.8 Å². The number of aryl methyl sites for hydroxylation is 1. The lowest BCUT2D eigenvalue weighted by Gasteiger charge is -2.09. The number of hydrogen-bond acceptors (Lipinski definition) is 5. The number of carbonyl (C=O) groups is 2. The zero-order valence-corrected chi connectivity index (χ0v) is 17.0. The van der Waals surface area contributed by atoms with Crippen molar-refractivity contribution in [1.82, 2.24) is 14.7 Å². The Kier molecular flexibility index (Phi) is 5.75. The highest BCUT2D eigenvalue weighted by molar-refractivity contribution is 5.91. The lowest BCUT2D eigenvalue weighted by Crippen LogP contribution is -2.31. The quantitative estimate of drug-likeness (QED) is 0.489. The molecule has 2 heterocycles. The van der Waals surface area contributed by atoms with Crippen LogP contribution in [0.5, 0.6) is 0 Å².